The fourth-order valence-electron chi connectivity index (χ4n) is 2.83. The van der Waals surface area contributed by atoms with Gasteiger partial charge >= 0.3 is 5.97 Å². The molecule has 13 heteroatoms. The largest absolute Gasteiger partial charge is 0.497 e. The van der Waals surface area contributed by atoms with Crippen molar-refractivity contribution in [3.05, 3.63) is 70.0 Å². The number of nitro benzene ring substituents is 1. The van der Waals surface area contributed by atoms with Crippen molar-refractivity contribution in [1.29, 1.82) is 0 Å². The van der Waals surface area contributed by atoms with Gasteiger partial charge in [0.05, 0.1) is 36.6 Å². The molecular formula is C19H18N4O8S. The van der Waals surface area contributed by atoms with Gasteiger partial charge in [-0.3, -0.25) is 10.1 Å². The van der Waals surface area contributed by atoms with E-state index in [2.05, 4.69) is 9.82 Å². The van der Waals surface area contributed by atoms with Gasteiger partial charge in [0.2, 0.25) is 10.0 Å². The van der Waals surface area contributed by atoms with Gasteiger partial charge in [0.1, 0.15) is 16.4 Å². The molecule has 0 unspecified atom stereocenters. The van der Waals surface area contributed by atoms with Crippen LogP contribution in [0, 0.1) is 10.1 Å². The van der Waals surface area contributed by atoms with Gasteiger partial charge in [0.15, 0.2) is 0 Å². The topological polar surface area (TPSA) is 163 Å². The van der Waals surface area contributed by atoms with Crippen LogP contribution in [-0.4, -0.2) is 48.4 Å². The summed E-state index contributed by atoms with van der Waals surface area (Å²) >= 11 is 0. The summed E-state index contributed by atoms with van der Waals surface area (Å²) in [4.78, 5) is 21.2. The van der Waals surface area contributed by atoms with E-state index in [9.17, 15) is 23.3 Å². The van der Waals surface area contributed by atoms with Crippen LogP contribution >= 0.6 is 0 Å². The molecule has 0 bridgehead atoms. The number of methoxy groups -OCH3 is 2. The standard InChI is InChI=1S/C19H18N4O8S/c1-30-15-5-3-12(17(8-15)31-2)10-21-32(28,29)18-7-14(23(26)27)4-6-16(18)22-11-13(9-20-22)19(24)25/h3-9,11,21H,10H2,1-2H3,(H,24,25). The van der Waals surface area contributed by atoms with Gasteiger partial charge in [-0.05, 0) is 12.1 Å². The minimum absolute atomic E-state index is 0.0581. The molecular weight excluding hydrogens is 444 g/mol. The summed E-state index contributed by atoms with van der Waals surface area (Å²) in [6, 6.07) is 7.98. The Labute approximate surface area is 182 Å². The number of nitro groups is 1. The summed E-state index contributed by atoms with van der Waals surface area (Å²) < 4.78 is 39.9. The molecule has 0 saturated heterocycles. The number of benzene rings is 2. The van der Waals surface area contributed by atoms with Crippen molar-refractivity contribution in [2.24, 2.45) is 0 Å². The molecule has 0 amide bonds. The predicted molar refractivity (Wildman–Crippen MR) is 111 cm³/mol. The number of carboxylic acid groups (broad SMARTS) is 1. The third-order valence-electron chi connectivity index (χ3n) is 4.47. The van der Waals surface area contributed by atoms with E-state index in [4.69, 9.17) is 14.6 Å². The molecule has 168 valence electrons. The van der Waals surface area contributed by atoms with Gasteiger partial charge in [-0.2, -0.15) is 5.10 Å². The number of ether oxygens (including phenoxy) is 2. The molecule has 0 fully saturated rings. The highest BCUT2D eigenvalue weighted by atomic mass is 32.2. The van der Waals surface area contributed by atoms with Gasteiger partial charge in [0.25, 0.3) is 5.69 Å². The van der Waals surface area contributed by atoms with Gasteiger partial charge < -0.3 is 14.6 Å². The van der Waals surface area contributed by atoms with Crippen LogP contribution in [0.3, 0.4) is 0 Å². The molecule has 32 heavy (non-hydrogen) atoms. The van der Waals surface area contributed by atoms with Crippen molar-refractivity contribution in [3.8, 4) is 17.2 Å². The molecule has 3 aromatic rings. The molecule has 0 spiro atoms. The second-order valence-corrected chi connectivity index (χ2v) is 8.13. The van der Waals surface area contributed by atoms with E-state index in [1.165, 1.54) is 20.3 Å². The summed E-state index contributed by atoms with van der Waals surface area (Å²) in [5.74, 6) is -0.362. The zero-order chi connectivity index (χ0) is 23.5. The second-order valence-electron chi connectivity index (χ2n) is 6.39. The van der Waals surface area contributed by atoms with Crippen molar-refractivity contribution in [3.63, 3.8) is 0 Å². The average Bonchev–Trinajstić information content (AvgIpc) is 3.27. The minimum Gasteiger partial charge on any atom is -0.497 e. The summed E-state index contributed by atoms with van der Waals surface area (Å²) in [6.07, 6.45) is 2.14. The average molecular weight is 462 g/mol. The molecule has 0 aliphatic heterocycles. The Kier molecular flexibility index (Phi) is 6.41. The second kappa shape index (κ2) is 9.03. The number of carbonyl (C=O) groups is 1. The Morgan fingerprint density at radius 3 is 2.56 bits per heavy atom. The molecule has 0 aliphatic rings. The fourth-order valence-corrected chi connectivity index (χ4v) is 4.05. The van der Waals surface area contributed by atoms with Gasteiger partial charge in [-0.25, -0.2) is 22.6 Å². The Morgan fingerprint density at radius 2 is 1.97 bits per heavy atom. The maximum absolute atomic E-state index is 13.1. The number of aromatic nitrogens is 2. The van der Waals surface area contributed by atoms with E-state index >= 15 is 0 Å². The van der Waals surface area contributed by atoms with E-state index in [1.54, 1.807) is 18.2 Å². The SMILES string of the molecule is COc1ccc(CNS(=O)(=O)c2cc([N+](=O)[O-])ccc2-n2cc(C(=O)O)cn2)c(OC)c1. The third-order valence-corrected chi connectivity index (χ3v) is 5.90. The highest BCUT2D eigenvalue weighted by Crippen LogP contribution is 2.27. The zero-order valence-corrected chi connectivity index (χ0v) is 17.7. The smallest absolute Gasteiger partial charge is 0.338 e. The minimum atomic E-state index is -4.29. The van der Waals surface area contributed by atoms with Crippen LogP contribution in [0.5, 0.6) is 11.5 Å². The van der Waals surface area contributed by atoms with Crippen LogP contribution in [0.2, 0.25) is 0 Å². The lowest BCUT2D eigenvalue weighted by molar-refractivity contribution is -0.385. The Balaban J connectivity index is 2.01. The van der Waals surface area contributed by atoms with Crippen molar-refractivity contribution < 1.29 is 32.7 Å². The number of nitrogens with one attached hydrogen (secondary N) is 1. The van der Waals surface area contributed by atoms with Crippen molar-refractivity contribution in [2.45, 2.75) is 11.4 Å². The molecule has 0 radical (unpaired) electrons. The number of nitrogens with zero attached hydrogens (tertiary/aromatic N) is 3. The van der Waals surface area contributed by atoms with Crippen LogP contribution < -0.4 is 14.2 Å². The summed E-state index contributed by atoms with van der Waals surface area (Å²) in [7, 11) is -1.40. The van der Waals surface area contributed by atoms with Crippen molar-refractivity contribution in [2.75, 3.05) is 14.2 Å². The summed E-state index contributed by atoms with van der Waals surface area (Å²) in [5.41, 5.74) is -0.196. The van der Waals surface area contributed by atoms with Crippen molar-refractivity contribution >= 4 is 21.7 Å². The Hall–Kier alpha value is -3.97. The lowest BCUT2D eigenvalue weighted by Crippen LogP contribution is -2.25. The molecule has 2 N–H and O–H groups in total. The maximum atomic E-state index is 13.1. The maximum Gasteiger partial charge on any atom is 0.338 e. The molecule has 0 saturated carbocycles. The van der Waals surface area contributed by atoms with Crippen LogP contribution in [0.4, 0.5) is 5.69 Å². The number of carboxylic acids is 1. The predicted octanol–water partition coefficient (Wildman–Crippen LogP) is 1.97. The van der Waals surface area contributed by atoms with E-state index in [0.29, 0.717) is 17.1 Å². The quantitative estimate of drug-likeness (QED) is 0.357. The molecule has 12 nitrogen and oxygen atoms in total. The number of rotatable bonds is 9. The first kappa shape index (κ1) is 22.7. The first-order valence-corrected chi connectivity index (χ1v) is 10.4. The van der Waals surface area contributed by atoms with E-state index < -0.39 is 31.5 Å². The first-order chi connectivity index (χ1) is 15.2. The molecule has 1 heterocycles. The van der Waals surface area contributed by atoms with Gasteiger partial charge in [-0.15, -0.1) is 0 Å². The lowest BCUT2D eigenvalue weighted by atomic mass is 10.2. The first-order valence-electron chi connectivity index (χ1n) is 8.93. The lowest BCUT2D eigenvalue weighted by Gasteiger charge is -2.14. The normalized spacial score (nSPS) is 11.2. The van der Waals surface area contributed by atoms with Gasteiger partial charge in [-0.1, -0.05) is 6.07 Å². The highest BCUT2D eigenvalue weighted by molar-refractivity contribution is 7.89. The zero-order valence-electron chi connectivity index (χ0n) is 16.9. The number of sulfonamides is 1. The van der Waals surface area contributed by atoms with E-state index in [0.717, 1.165) is 29.2 Å². The highest BCUT2D eigenvalue weighted by Gasteiger charge is 2.24. The van der Waals surface area contributed by atoms with Crippen LogP contribution in [0.1, 0.15) is 15.9 Å². The third kappa shape index (κ3) is 4.68. The summed E-state index contributed by atoms with van der Waals surface area (Å²) in [5, 5.41) is 24.2. The fraction of sp³-hybridized carbons (Fsp3) is 0.158. The van der Waals surface area contributed by atoms with Crippen molar-refractivity contribution in [1.82, 2.24) is 14.5 Å². The molecule has 1 aromatic heterocycles. The van der Waals surface area contributed by atoms with Crippen LogP contribution in [-0.2, 0) is 16.6 Å². The molecule has 0 atom stereocenters. The Morgan fingerprint density at radius 1 is 1.22 bits per heavy atom. The number of aromatic carboxylic acids is 1. The molecule has 2 aromatic carbocycles. The van der Waals surface area contributed by atoms with Crippen LogP contribution in [0.25, 0.3) is 5.69 Å². The Bertz CT molecular complexity index is 1290. The molecule has 0 aliphatic carbocycles. The molecule has 3 rings (SSSR count). The van der Waals surface area contributed by atoms with Crippen LogP contribution in [0.15, 0.2) is 53.7 Å². The van der Waals surface area contributed by atoms with E-state index in [1.807, 2.05) is 0 Å². The van der Waals surface area contributed by atoms with Gasteiger partial charge in [0, 0.05) is 36.5 Å². The number of non-ortho nitro benzene ring substituents is 1. The van der Waals surface area contributed by atoms with E-state index in [-0.39, 0.29) is 17.8 Å². The number of hydrogen-bond donors (Lipinski definition) is 2. The number of hydrogen-bond acceptors (Lipinski definition) is 8. The summed E-state index contributed by atoms with van der Waals surface area (Å²) in [6.45, 7) is -0.183. The monoisotopic (exact) mass is 462 g/mol.